The van der Waals surface area contributed by atoms with Gasteiger partial charge in [-0.1, -0.05) is 50.1 Å². The Bertz CT molecular complexity index is 1040. The van der Waals surface area contributed by atoms with Gasteiger partial charge in [0, 0.05) is 22.6 Å². The van der Waals surface area contributed by atoms with Crippen LogP contribution in [0.2, 0.25) is 0 Å². The molecule has 9 heteroatoms. The van der Waals surface area contributed by atoms with E-state index in [1.807, 2.05) is 35.7 Å². The molecule has 0 unspecified atom stereocenters. The summed E-state index contributed by atoms with van der Waals surface area (Å²) in [6, 6.07) is 12.9. The summed E-state index contributed by atoms with van der Waals surface area (Å²) in [6.45, 7) is 2.48. The third-order valence-electron chi connectivity index (χ3n) is 4.42. The Morgan fingerprint density at radius 2 is 2.06 bits per heavy atom. The third kappa shape index (κ3) is 6.02. The Morgan fingerprint density at radius 1 is 1.26 bits per heavy atom. The summed E-state index contributed by atoms with van der Waals surface area (Å²) in [7, 11) is 1.46. The van der Waals surface area contributed by atoms with Crippen LogP contribution in [0.3, 0.4) is 0 Å². The number of methoxy groups -OCH3 is 1. The van der Waals surface area contributed by atoms with E-state index >= 15 is 0 Å². The first-order valence-corrected chi connectivity index (χ1v) is 10.8. The summed E-state index contributed by atoms with van der Waals surface area (Å²) in [5, 5.41) is 18.3. The van der Waals surface area contributed by atoms with Crippen LogP contribution >= 0.6 is 11.3 Å². The minimum absolute atomic E-state index is 0.140. The summed E-state index contributed by atoms with van der Waals surface area (Å²) >= 11 is 1.42. The largest absolute Gasteiger partial charge is 0.493 e. The van der Waals surface area contributed by atoms with Crippen molar-refractivity contribution >= 4 is 28.4 Å². The van der Waals surface area contributed by atoms with E-state index in [1.165, 1.54) is 30.7 Å². The van der Waals surface area contributed by atoms with Gasteiger partial charge in [-0.15, -0.1) is 11.3 Å². The van der Waals surface area contributed by atoms with Crippen molar-refractivity contribution in [3.05, 3.63) is 63.5 Å². The van der Waals surface area contributed by atoms with Crippen molar-refractivity contribution < 1.29 is 14.4 Å². The second-order valence-electron chi connectivity index (χ2n) is 6.66. The van der Waals surface area contributed by atoms with Gasteiger partial charge in [0.15, 0.2) is 5.75 Å². The highest BCUT2D eigenvalue weighted by atomic mass is 32.1. The van der Waals surface area contributed by atoms with Crippen molar-refractivity contribution in [2.45, 2.75) is 26.2 Å². The zero-order chi connectivity index (χ0) is 22.1. The molecule has 0 atom stereocenters. The molecule has 0 spiro atoms. The minimum atomic E-state index is -0.477. The van der Waals surface area contributed by atoms with Crippen molar-refractivity contribution in [1.29, 1.82) is 0 Å². The molecule has 0 fully saturated rings. The molecule has 3 rings (SSSR count). The van der Waals surface area contributed by atoms with Crippen LogP contribution in [0.5, 0.6) is 11.5 Å². The molecule has 1 heterocycles. The van der Waals surface area contributed by atoms with Gasteiger partial charge in [0.05, 0.1) is 30.5 Å². The van der Waals surface area contributed by atoms with E-state index in [0.717, 1.165) is 30.5 Å². The first-order valence-electron chi connectivity index (χ1n) is 9.91. The predicted octanol–water partition coefficient (Wildman–Crippen LogP) is 5.74. The number of rotatable bonds is 11. The summed E-state index contributed by atoms with van der Waals surface area (Å²) in [4.78, 5) is 15.6. The normalized spacial score (nSPS) is 10.9. The number of benzene rings is 2. The number of unbranched alkanes of at least 4 members (excludes halogenated alkanes) is 2. The number of hydrogen-bond donors (Lipinski definition) is 1. The molecule has 0 amide bonds. The Hall–Kier alpha value is -3.46. The number of aromatic nitrogens is 1. The molecule has 162 valence electrons. The van der Waals surface area contributed by atoms with Crippen LogP contribution in [0.15, 0.2) is 52.9 Å². The molecular formula is C22H24N4O4S. The molecule has 0 aliphatic carbocycles. The molecule has 0 radical (unpaired) electrons. The van der Waals surface area contributed by atoms with Crippen LogP contribution < -0.4 is 14.9 Å². The first kappa shape index (κ1) is 22.2. The molecule has 31 heavy (non-hydrogen) atoms. The van der Waals surface area contributed by atoms with Crippen molar-refractivity contribution in [2.24, 2.45) is 5.10 Å². The third-order valence-corrected chi connectivity index (χ3v) is 5.16. The first-order chi connectivity index (χ1) is 15.1. The Morgan fingerprint density at radius 3 is 2.77 bits per heavy atom. The zero-order valence-electron chi connectivity index (χ0n) is 17.4. The maximum absolute atomic E-state index is 11.6. The van der Waals surface area contributed by atoms with Gasteiger partial charge in [-0.2, -0.15) is 5.10 Å². The van der Waals surface area contributed by atoms with Gasteiger partial charge in [-0.25, -0.2) is 4.98 Å². The summed E-state index contributed by atoms with van der Waals surface area (Å²) in [5.41, 5.74) is 5.09. The lowest BCUT2D eigenvalue weighted by molar-refractivity contribution is -0.386. The molecule has 1 N–H and O–H groups in total. The zero-order valence-corrected chi connectivity index (χ0v) is 18.2. The van der Waals surface area contributed by atoms with Crippen molar-refractivity contribution in [2.75, 3.05) is 19.1 Å². The highest BCUT2D eigenvalue weighted by Crippen LogP contribution is 2.38. The Balaban J connectivity index is 1.73. The molecular weight excluding hydrogens is 416 g/mol. The Kier molecular flexibility index (Phi) is 7.94. The number of nitro benzene ring substituents is 1. The second-order valence-corrected chi connectivity index (χ2v) is 7.52. The van der Waals surface area contributed by atoms with Crippen LogP contribution in [0.4, 0.5) is 10.8 Å². The standard InChI is InChI=1S/C22H24N4O4S/c1-3-4-8-11-30-21-19(26(27)28)12-16(13-20(21)29-2)14-23-25-22-24-18(15-31-22)17-9-6-5-7-10-17/h5-7,9-10,12-15H,3-4,8,11H2,1-2H3,(H,24,25)/b23-14-. The van der Waals surface area contributed by atoms with E-state index in [4.69, 9.17) is 9.47 Å². The number of ether oxygens (including phenoxy) is 2. The topological polar surface area (TPSA) is 98.9 Å². The van der Waals surface area contributed by atoms with Gasteiger partial charge in [0.2, 0.25) is 10.9 Å². The summed E-state index contributed by atoms with van der Waals surface area (Å²) in [5.74, 6) is 0.439. The van der Waals surface area contributed by atoms with Crippen LogP contribution in [-0.4, -0.2) is 29.8 Å². The number of anilines is 1. The number of nitrogens with one attached hydrogen (secondary N) is 1. The second kappa shape index (κ2) is 11.1. The van der Waals surface area contributed by atoms with Gasteiger partial charge in [0.1, 0.15) is 0 Å². The summed E-state index contributed by atoms with van der Waals surface area (Å²) in [6.07, 6.45) is 4.34. The maximum atomic E-state index is 11.6. The predicted molar refractivity (Wildman–Crippen MR) is 123 cm³/mol. The van der Waals surface area contributed by atoms with Gasteiger partial charge < -0.3 is 9.47 Å². The van der Waals surface area contributed by atoms with E-state index in [1.54, 1.807) is 6.07 Å². The molecule has 1 aromatic heterocycles. The fourth-order valence-corrected chi connectivity index (χ4v) is 3.54. The van der Waals surface area contributed by atoms with Crippen molar-refractivity contribution in [1.82, 2.24) is 4.98 Å². The van der Waals surface area contributed by atoms with E-state index < -0.39 is 4.92 Å². The van der Waals surface area contributed by atoms with Gasteiger partial charge >= 0.3 is 5.69 Å². The molecule has 0 saturated heterocycles. The van der Waals surface area contributed by atoms with Crippen LogP contribution in [0, 0.1) is 10.1 Å². The fourth-order valence-electron chi connectivity index (χ4n) is 2.87. The summed E-state index contributed by atoms with van der Waals surface area (Å²) < 4.78 is 11.0. The lowest BCUT2D eigenvalue weighted by atomic mass is 10.2. The highest BCUT2D eigenvalue weighted by Gasteiger charge is 2.22. The van der Waals surface area contributed by atoms with E-state index in [2.05, 4.69) is 22.4 Å². The SMILES string of the molecule is CCCCCOc1c(OC)cc(/C=N\Nc2nc(-c3ccccc3)cs2)cc1[N+](=O)[O-]. The number of nitrogens with zero attached hydrogens (tertiary/aromatic N) is 3. The molecule has 0 bridgehead atoms. The number of hydrogen-bond acceptors (Lipinski definition) is 8. The smallest absolute Gasteiger partial charge is 0.315 e. The average Bonchev–Trinajstić information content (AvgIpc) is 3.26. The van der Waals surface area contributed by atoms with Crippen molar-refractivity contribution in [3.63, 3.8) is 0 Å². The molecule has 0 aliphatic heterocycles. The van der Waals surface area contributed by atoms with Gasteiger partial charge in [0.25, 0.3) is 0 Å². The number of thiazole rings is 1. The van der Waals surface area contributed by atoms with Crippen LogP contribution in [0.1, 0.15) is 31.7 Å². The monoisotopic (exact) mass is 440 g/mol. The molecule has 0 saturated carbocycles. The highest BCUT2D eigenvalue weighted by molar-refractivity contribution is 7.14. The molecule has 2 aromatic carbocycles. The maximum Gasteiger partial charge on any atom is 0.315 e. The lowest BCUT2D eigenvalue weighted by Gasteiger charge is -2.11. The lowest BCUT2D eigenvalue weighted by Crippen LogP contribution is -2.04. The van der Waals surface area contributed by atoms with Crippen LogP contribution in [0.25, 0.3) is 11.3 Å². The fraction of sp³-hybridized carbons (Fsp3) is 0.273. The minimum Gasteiger partial charge on any atom is -0.493 e. The Labute approximate surface area is 184 Å². The molecule has 3 aromatic rings. The number of hydrazone groups is 1. The van der Waals surface area contributed by atoms with Crippen LogP contribution in [-0.2, 0) is 0 Å². The van der Waals surface area contributed by atoms with E-state index in [0.29, 0.717) is 23.1 Å². The van der Waals surface area contributed by atoms with Crippen molar-refractivity contribution in [3.8, 4) is 22.8 Å². The molecule has 8 nitrogen and oxygen atoms in total. The number of nitro groups is 1. The average molecular weight is 441 g/mol. The van der Waals surface area contributed by atoms with Gasteiger partial charge in [-0.05, 0) is 12.5 Å². The quantitative estimate of drug-likeness (QED) is 0.177. The van der Waals surface area contributed by atoms with Gasteiger partial charge in [-0.3, -0.25) is 15.5 Å². The van der Waals surface area contributed by atoms with E-state index in [9.17, 15) is 10.1 Å². The molecule has 0 aliphatic rings. The van der Waals surface area contributed by atoms with E-state index in [-0.39, 0.29) is 11.4 Å².